The van der Waals surface area contributed by atoms with Gasteiger partial charge in [0, 0.05) is 0 Å². The van der Waals surface area contributed by atoms with Crippen molar-refractivity contribution in [3.63, 3.8) is 0 Å². The number of ether oxygens (including phenoxy) is 1. The summed E-state index contributed by atoms with van der Waals surface area (Å²) >= 11 is 0. The molecule has 0 aromatic heterocycles. The van der Waals surface area contributed by atoms with Crippen LogP contribution in [0.15, 0.2) is 0 Å². The summed E-state index contributed by atoms with van der Waals surface area (Å²) in [6.45, 7) is 11.2. The largest absolute Gasteiger partial charge is 0.462 e. The van der Waals surface area contributed by atoms with Gasteiger partial charge in [0.25, 0.3) is 0 Å². The molecule has 0 aliphatic carbocycles. The van der Waals surface area contributed by atoms with Crippen LogP contribution >= 0.6 is 0 Å². The van der Waals surface area contributed by atoms with Crippen LogP contribution in [0.3, 0.4) is 0 Å². The van der Waals surface area contributed by atoms with Crippen molar-refractivity contribution in [2.45, 2.75) is 46.6 Å². The van der Waals surface area contributed by atoms with Crippen LogP contribution in [0, 0.1) is 12.3 Å². The van der Waals surface area contributed by atoms with Crippen LogP contribution in [0.4, 0.5) is 0 Å². The first kappa shape index (κ1) is 11.5. The van der Waals surface area contributed by atoms with Gasteiger partial charge in [0.1, 0.15) is 0 Å². The molecule has 0 spiro atoms. The van der Waals surface area contributed by atoms with Gasteiger partial charge in [-0.2, -0.15) is 0 Å². The lowest BCUT2D eigenvalue weighted by Crippen LogP contribution is -2.26. The van der Waals surface area contributed by atoms with Gasteiger partial charge in [0.2, 0.25) is 0 Å². The second kappa shape index (κ2) is 4.48. The number of esters is 1. The number of rotatable bonds is 3. The van der Waals surface area contributed by atoms with Crippen LogP contribution in [0.2, 0.25) is 0 Å². The first-order valence-corrected chi connectivity index (χ1v) is 4.38. The van der Waals surface area contributed by atoms with Gasteiger partial charge in [-0.05, 0) is 40.5 Å². The Kier molecular flexibility index (Phi) is 4.29. The maximum Gasteiger partial charge on any atom is 0.311 e. The fraction of sp³-hybridized carbons (Fsp3) is 0.800. The maximum absolute atomic E-state index is 11.3. The molecule has 1 unspecified atom stereocenters. The summed E-state index contributed by atoms with van der Waals surface area (Å²) in [4.78, 5) is 11.3. The van der Waals surface area contributed by atoms with E-state index in [1.54, 1.807) is 0 Å². The average Bonchev–Trinajstić information content (AvgIpc) is 1.85. The molecule has 2 heteroatoms. The summed E-state index contributed by atoms with van der Waals surface area (Å²) in [5.41, 5.74) is -0.393. The van der Waals surface area contributed by atoms with Crippen LogP contribution in [0.1, 0.15) is 40.5 Å². The molecule has 0 aromatic carbocycles. The summed E-state index contributed by atoms with van der Waals surface area (Å²) in [6.07, 6.45) is 1.63. The molecule has 2 nitrogen and oxygen atoms in total. The predicted molar refractivity (Wildman–Crippen MR) is 49.6 cm³/mol. The summed E-state index contributed by atoms with van der Waals surface area (Å²) in [5, 5.41) is 0. The highest BCUT2D eigenvalue weighted by Crippen LogP contribution is 2.17. The Morgan fingerprint density at radius 1 is 1.50 bits per heavy atom. The lowest BCUT2D eigenvalue weighted by molar-refractivity contribution is -0.157. The third-order valence-electron chi connectivity index (χ3n) is 1.53. The highest BCUT2D eigenvalue weighted by Gasteiger charge is 2.24. The van der Waals surface area contributed by atoms with Crippen molar-refractivity contribution >= 4 is 5.97 Å². The van der Waals surface area contributed by atoms with Gasteiger partial charge in [-0.1, -0.05) is 6.92 Å². The molecule has 0 saturated heterocycles. The van der Waals surface area contributed by atoms with Crippen LogP contribution in [0.25, 0.3) is 0 Å². The van der Waals surface area contributed by atoms with Gasteiger partial charge in [-0.3, -0.25) is 4.79 Å². The van der Waals surface area contributed by atoms with Gasteiger partial charge >= 0.3 is 5.97 Å². The van der Waals surface area contributed by atoms with E-state index in [-0.39, 0.29) is 12.1 Å². The van der Waals surface area contributed by atoms with Crippen molar-refractivity contribution < 1.29 is 9.53 Å². The van der Waals surface area contributed by atoms with Crippen molar-refractivity contribution in [1.29, 1.82) is 0 Å². The van der Waals surface area contributed by atoms with Crippen LogP contribution in [-0.4, -0.2) is 12.1 Å². The second-order valence-corrected chi connectivity index (χ2v) is 4.11. The van der Waals surface area contributed by atoms with Crippen molar-refractivity contribution in [2.24, 2.45) is 5.41 Å². The fourth-order valence-electron chi connectivity index (χ4n) is 0.706. The topological polar surface area (TPSA) is 26.3 Å². The Balaban J connectivity index is 3.85. The predicted octanol–water partition coefficient (Wildman–Crippen LogP) is 2.58. The highest BCUT2D eigenvalue weighted by atomic mass is 16.5. The Bertz CT molecular complexity index is 144. The molecule has 0 fully saturated rings. The number of carbonyl (C=O) groups excluding carboxylic acids is 1. The van der Waals surface area contributed by atoms with Crippen molar-refractivity contribution in [1.82, 2.24) is 0 Å². The maximum atomic E-state index is 11.3. The van der Waals surface area contributed by atoms with Crippen LogP contribution in [-0.2, 0) is 9.53 Å². The highest BCUT2D eigenvalue weighted by molar-refractivity contribution is 5.75. The van der Waals surface area contributed by atoms with Gasteiger partial charge in [-0.15, -0.1) is 0 Å². The van der Waals surface area contributed by atoms with Crippen molar-refractivity contribution in [3.8, 4) is 0 Å². The molecule has 1 atom stereocenters. The standard InChI is InChI=1S/C10H19O2/c1-6-7-8(2)12-9(11)10(3,4)5/h8H,1,6-7H2,2-5H3. The fourth-order valence-corrected chi connectivity index (χ4v) is 0.706. The summed E-state index contributed by atoms with van der Waals surface area (Å²) in [6, 6.07) is 0. The number of carbonyl (C=O) groups is 1. The van der Waals surface area contributed by atoms with E-state index in [2.05, 4.69) is 6.92 Å². The zero-order chi connectivity index (χ0) is 9.78. The Hall–Kier alpha value is -0.530. The van der Waals surface area contributed by atoms with E-state index < -0.39 is 5.41 Å². The molecule has 71 valence electrons. The Labute approximate surface area is 75.3 Å². The second-order valence-electron chi connectivity index (χ2n) is 4.11. The summed E-state index contributed by atoms with van der Waals surface area (Å²) in [5.74, 6) is -0.136. The molecule has 0 aliphatic heterocycles. The molecule has 0 aliphatic rings. The molecule has 0 saturated carbocycles. The monoisotopic (exact) mass is 171 g/mol. The van der Waals surface area contributed by atoms with E-state index in [1.165, 1.54) is 0 Å². The van der Waals surface area contributed by atoms with E-state index in [4.69, 9.17) is 4.74 Å². The zero-order valence-electron chi connectivity index (χ0n) is 8.52. The first-order chi connectivity index (χ1) is 5.38. The lowest BCUT2D eigenvalue weighted by atomic mass is 9.97. The molecule has 0 rings (SSSR count). The minimum absolute atomic E-state index is 0.00535. The third kappa shape index (κ3) is 4.37. The minimum atomic E-state index is -0.393. The molecular formula is C10H19O2. The Morgan fingerprint density at radius 2 is 2.00 bits per heavy atom. The normalized spacial score (nSPS) is 14.1. The molecular weight excluding hydrogens is 152 g/mol. The molecule has 1 radical (unpaired) electrons. The van der Waals surface area contributed by atoms with Gasteiger partial charge in [0.15, 0.2) is 0 Å². The SMILES string of the molecule is [CH2]CCC(C)OC(=O)C(C)(C)C. The van der Waals surface area contributed by atoms with E-state index in [0.29, 0.717) is 0 Å². The average molecular weight is 171 g/mol. The van der Waals surface area contributed by atoms with E-state index in [0.717, 1.165) is 12.8 Å². The minimum Gasteiger partial charge on any atom is -0.462 e. The molecule has 0 heterocycles. The summed E-state index contributed by atoms with van der Waals surface area (Å²) in [7, 11) is 0. The first-order valence-electron chi connectivity index (χ1n) is 4.38. The van der Waals surface area contributed by atoms with E-state index >= 15 is 0 Å². The van der Waals surface area contributed by atoms with E-state index in [9.17, 15) is 4.79 Å². The molecule has 12 heavy (non-hydrogen) atoms. The molecule has 0 amide bonds. The van der Waals surface area contributed by atoms with Crippen molar-refractivity contribution in [2.75, 3.05) is 0 Å². The van der Waals surface area contributed by atoms with E-state index in [1.807, 2.05) is 27.7 Å². The number of hydrogen-bond donors (Lipinski definition) is 0. The molecule has 0 N–H and O–H groups in total. The molecule has 0 aromatic rings. The van der Waals surface area contributed by atoms with Gasteiger partial charge < -0.3 is 4.74 Å². The third-order valence-corrected chi connectivity index (χ3v) is 1.53. The van der Waals surface area contributed by atoms with Crippen molar-refractivity contribution in [3.05, 3.63) is 6.92 Å². The summed E-state index contributed by atoms with van der Waals surface area (Å²) < 4.78 is 5.18. The smallest absolute Gasteiger partial charge is 0.311 e. The number of hydrogen-bond acceptors (Lipinski definition) is 2. The lowest BCUT2D eigenvalue weighted by Gasteiger charge is -2.20. The van der Waals surface area contributed by atoms with Crippen LogP contribution in [0.5, 0.6) is 0 Å². The Morgan fingerprint density at radius 3 is 2.33 bits per heavy atom. The quantitative estimate of drug-likeness (QED) is 0.610. The molecule has 0 bridgehead atoms. The van der Waals surface area contributed by atoms with Crippen LogP contribution < -0.4 is 0 Å². The van der Waals surface area contributed by atoms with Gasteiger partial charge in [-0.25, -0.2) is 0 Å². The van der Waals surface area contributed by atoms with Gasteiger partial charge in [0.05, 0.1) is 11.5 Å². The zero-order valence-corrected chi connectivity index (χ0v) is 8.52.